The predicted molar refractivity (Wildman–Crippen MR) is 86.4 cm³/mol. The van der Waals surface area contributed by atoms with Crippen molar-refractivity contribution >= 4 is 5.91 Å². The number of nitrogens with zero attached hydrogens (tertiary/aromatic N) is 2. The summed E-state index contributed by atoms with van der Waals surface area (Å²) in [6.07, 6.45) is 2.86. The molecule has 0 spiro atoms. The Morgan fingerprint density at radius 1 is 1.38 bits per heavy atom. The molecule has 1 amide bonds. The van der Waals surface area contributed by atoms with E-state index in [9.17, 15) is 4.79 Å². The molecule has 1 heterocycles. The van der Waals surface area contributed by atoms with Gasteiger partial charge in [0.1, 0.15) is 0 Å². The van der Waals surface area contributed by atoms with E-state index in [1.165, 1.54) is 0 Å². The van der Waals surface area contributed by atoms with Gasteiger partial charge >= 0.3 is 0 Å². The summed E-state index contributed by atoms with van der Waals surface area (Å²) >= 11 is 0. The SMILES string of the molecule is CCC1CN(C)CCCN1C(=O)c1cccc(CCN)c1. The standard InChI is InChI=1S/C17H27N3O/c1-3-16-13-19(2)10-5-11-20(16)17(21)15-7-4-6-14(12-15)8-9-18/h4,6-7,12,16H,3,5,8-11,13,18H2,1-2H3. The maximum absolute atomic E-state index is 12.9. The van der Waals surface area contributed by atoms with Crippen LogP contribution in [-0.4, -0.2) is 55.0 Å². The molecule has 21 heavy (non-hydrogen) atoms. The highest BCUT2D eigenvalue weighted by atomic mass is 16.2. The van der Waals surface area contributed by atoms with Gasteiger partial charge in [-0.25, -0.2) is 0 Å². The predicted octanol–water partition coefficient (Wildman–Crippen LogP) is 1.74. The molecular formula is C17H27N3O. The van der Waals surface area contributed by atoms with Crippen molar-refractivity contribution in [3.63, 3.8) is 0 Å². The summed E-state index contributed by atoms with van der Waals surface area (Å²) in [5.74, 6) is 0.163. The molecule has 0 radical (unpaired) electrons. The second kappa shape index (κ2) is 7.57. The normalized spacial score (nSPS) is 20.3. The first kappa shape index (κ1) is 16.0. The number of carbonyl (C=O) groups is 1. The lowest BCUT2D eigenvalue weighted by atomic mass is 10.1. The van der Waals surface area contributed by atoms with Crippen molar-refractivity contribution in [3.8, 4) is 0 Å². The number of amides is 1. The first-order chi connectivity index (χ1) is 10.2. The minimum absolute atomic E-state index is 0.163. The van der Waals surface area contributed by atoms with Gasteiger partial charge in [0.25, 0.3) is 5.91 Å². The molecule has 2 rings (SSSR count). The number of hydrogen-bond donors (Lipinski definition) is 1. The largest absolute Gasteiger partial charge is 0.334 e. The molecule has 1 unspecified atom stereocenters. The Morgan fingerprint density at radius 2 is 2.19 bits per heavy atom. The van der Waals surface area contributed by atoms with Crippen LogP contribution >= 0.6 is 0 Å². The van der Waals surface area contributed by atoms with Crippen LogP contribution in [0.2, 0.25) is 0 Å². The van der Waals surface area contributed by atoms with Crippen molar-refractivity contribution in [2.75, 3.05) is 33.2 Å². The summed E-state index contributed by atoms with van der Waals surface area (Å²) in [5.41, 5.74) is 7.55. The molecule has 2 N–H and O–H groups in total. The summed E-state index contributed by atoms with van der Waals surface area (Å²) < 4.78 is 0. The maximum Gasteiger partial charge on any atom is 0.254 e. The molecule has 0 saturated carbocycles. The highest BCUT2D eigenvalue weighted by Crippen LogP contribution is 2.17. The van der Waals surface area contributed by atoms with Crippen LogP contribution in [0.15, 0.2) is 24.3 Å². The van der Waals surface area contributed by atoms with E-state index in [0.29, 0.717) is 12.6 Å². The van der Waals surface area contributed by atoms with E-state index < -0.39 is 0 Å². The monoisotopic (exact) mass is 289 g/mol. The average molecular weight is 289 g/mol. The van der Waals surface area contributed by atoms with Gasteiger partial charge in [-0.2, -0.15) is 0 Å². The van der Waals surface area contributed by atoms with Gasteiger partial charge in [0.05, 0.1) is 0 Å². The van der Waals surface area contributed by atoms with Crippen LogP contribution in [0, 0.1) is 0 Å². The first-order valence-corrected chi connectivity index (χ1v) is 7.94. The van der Waals surface area contributed by atoms with E-state index >= 15 is 0 Å². The van der Waals surface area contributed by atoms with Gasteiger partial charge in [0, 0.05) is 24.7 Å². The van der Waals surface area contributed by atoms with Crippen molar-refractivity contribution in [3.05, 3.63) is 35.4 Å². The average Bonchev–Trinajstić information content (AvgIpc) is 2.68. The Balaban J connectivity index is 2.18. The van der Waals surface area contributed by atoms with Crippen LogP contribution in [0.1, 0.15) is 35.7 Å². The molecule has 1 aromatic carbocycles. The number of hydrogen-bond acceptors (Lipinski definition) is 3. The summed E-state index contributed by atoms with van der Waals surface area (Å²) in [6, 6.07) is 8.23. The van der Waals surface area contributed by atoms with E-state index in [-0.39, 0.29) is 5.91 Å². The smallest absolute Gasteiger partial charge is 0.254 e. The zero-order chi connectivity index (χ0) is 15.2. The summed E-state index contributed by atoms with van der Waals surface area (Å²) in [6.45, 7) is 5.65. The van der Waals surface area contributed by atoms with Crippen molar-refractivity contribution in [2.45, 2.75) is 32.2 Å². The lowest BCUT2D eigenvalue weighted by molar-refractivity contribution is 0.0675. The van der Waals surface area contributed by atoms with Crippen LogP contribution in [0.5, 0.6) is 0 Å². The molecule has 1 fully saturated rings. The van der Waals surface area contributed by atoms with Crippen LogP contribution in [0.3, 0.4) is 0 Å². The molecular weight excluding hydrogens is 262 g/mol. The molecule has 4 nitrogen and oxygen atoms in total. The Kier molecular flexibility index (Phi) is 5.76. The van der Waals surface area contributed by atoms with E-state index in [4.69, 9.17) is 5.73 Å². The highest BCUT2D eigenvalue weighted by Gasteiger charge is 2.26. The fourth-order valence-electron chi connectivity index (χ4n) is 3.05. The van der Waals surface area contributed by atoms with Gasteiger partial charge in [-0.3, -0.25) is 4.79 Å². The Hall–Kier alpha value is -1.39. The second-order valence-corrected chi connectivity index (χ2v) is 5.92. The van der Waals surface area contributed by atoms with Gasteiger partial charge in [-0.15, -0.1) is 0 Å². The van der Waals surface area contributed by atoms with Crippen LogP contribution in [-0.2, 0) is 6.42 Å². The molecule has 0 aromatic heterocycles. The maximum atomic E-state index is 12.9. The van der Waals surface area contributed by atoms with E-state index in [1.807, 2.05) is 24.3 Å². The topological polar surface area (TPSA) is 49.6 Å². The van der Waals surface area contributed by atoms with Crippen molar-refractivity contribution in [2.24, 2.45) is 5.73 Å². The molecule has 0 bridgehead atoms. The van der Waals surface area contributed by atoms with Crippen molar-refractivity contribution in [1.82, 2.24) is 9.80 Å². The minimum atomic E-state index is 0.163. The number of benzene rings is 1. The third-order valence-corrected chi connectivity index (χ3v) is 4.24. The van der Waals surface area contributed by atoms with E-state index in [1.54, 1.807) is 0 Å². The fraction of sp³-hybridized carbons (Fsp3) is 0.588. The lowest BCUT2D eigenvalue weighted by Crippen LogP contribution is -2.43. The fourth-order valence-corrected chi connectivity index (χ4v) is 3.05. The summed E-state index contributed by atoms with van der Waals surface area (Å²) in [7, 11) is 2.14. The Morgan fingerprint density at radius 3 is 2.90 bits per heavy atom. The molecule has 1 saturated heterocycles. The zero-order valence-electron chi connectivity index (χ0n) is 13.2. The second-order valence-electron chi connectivity index (χ2n) is 5.92. The summed E-state index contributed by atoms with van der Waals surface area (Å²) in [4.78, 5) is 17.2. The highest BCUT2D eigenvalue weighted by molar-refractivity contribution is 5.94. The number of carbonyl (C=O) groups excluding carboxylic acids is 1. The molecule has 1 aliphatic heterocycles. The third-order valence-electron chi connectivity index (χ3n) is 4.24. The number of rotatable bonds is 4. The van der Waals surface area contributed by atoms with Crippen molar-refractivity contribution in [1.29, 1.82) is 0 Å². The lowest BCUT2D eigenvalue weighted by Gasteiger charge is -2.30. The van der Waals surface area contributed by atoms with Gasteiger partial charge in [0.2, 0.25) is 0 Å². The van der Waals surface area contributed by atoms with Crippen molar-refractivity contribution < 1.29 is 4.79 Å². The van der Waals surface area contributed by atoms with E-state index in [2.05, 4.69) is 23.8 Å². The molecule has 116 valence electrons. The molecule has 1 aliphatic rings. The Bertz CT molecular complexity index is 475. The van der Waals surface area contributed by atoms with Gasteiger partial charge in [0.15, 0.2) is 0 Å². The number of nitrogens with two attached hydrogens (primary N) is 1. The molecule has 1 atom stereocenters. The van der Waals surface area contributed by atoms with Crippen LogP contribution in [0.25, 0.3) is 0 Å². The minimum Gasteiger partial charge on any atom is -0.334 e. The Labute approximate surface area is 127 Å². The molecule has 0 aliphatic carbocycles. The first-order valence-electron chi connectivity index (χ1n) is 7.94. The molecule has 4 heteroatoms. The number of likely N-dealkylation sites (N-methyl/N-ethyl adjacent to an activating group) is 1. The zero-order valence-corrected chi connectivity index (χ0v) is 13.2. The van der Waals surface area contributed by atoms with Crippen LogP contribution in [0.4, 0.5) is 0 Å². The van der Waals surface area contributed by atoms with Gasteiger partial charge in [-0.05, 0) is 57.1 Å². The van der Waals surface area contributed by atoms with Gasteiger partial charge in [-0.1, -0.05) is 19.1 Å². The van der Waals surface area contributed by atoms with E-state index in [0.717, 1.165) is 50.0 Å². The van der Waals surface area contributed by atoms with Gasteiger partial charge < -0.3 is 15.5 Å². The van der Waals surface area contributed by atoms with Crippen LogP contribution < -0.4 is 5.73 Å². The quantitative estimate of drug-likeness (QED) is 0.918. The summed E-state index contributed by atoms with van der Waals surface area (Å²) in [5, 5.41) is 0. The molecule has 1 aromatic rings. The third kappa shape index (κ3) is 4.05.